The number of hydrogen-bond donors (Lipinski definition) is 2. The summed E-state index contributed by atoms with van der Waals surface area (Å²) in [5, 5.41) is 12.4. The Balaban J connectivity index is 1.49. The maximum Gasteiger partial charge on any atom is 0.250 e. The van der Waals surface area contributed by atoms with Gasteiger partial charge in [-0.3, -0.25) is 10.2 Å². The molecule has 176 valence electrons. The highest BCUT2D eigenvalue weighted by Gasteiger charge is 2.22. The van der Waals surface area contributed by atoms with Crippen LogP contribution in [0.3, 0.4) is 0 Å². The highest BCUT2D eigenvalue weighted by molar-refractivity contribution is 5.92. The molecule has 2 atom stereocenters. The Morgan fingerprint density at radius 2 is 2.09 bits per heavy atom. The first-order valence-electron chi connectivity index (χ1n) is 10.9. The molecule has 1 aliphatic rings. The molecule has 2 heterocycles. The molecule has 34 heavy (non-hydrogen) atoms. The van der Waals surface area contributed by atoms with E-state index in [0.29, 0.717) is 17.2 Å². The highest BCUT2D eigenvalue weighted by Crippen LogP contribution is 2.30. The minimum absolute atomic E-state index is 0.0112. The fourth-order valence-electron chi connectivity index (χ4n) is 3.69. The molecule has 0 saturated heterocycles. The zero-order chi connectivity index (χ0) is 23.9. The summed E-state index contributed by atoms with van der Waals surface area (Å²) < 4.78 is 12.2. The molecule has 0 radical (unpaired) electrons. The number of hydrogen-bond acceptors (Lipinski definition) is 8. The topological polar surface area (TPSA) is 116 Å². The lowest BCUT2D eigenvalue weighted by Crippen LogP contribution is -2.16. The molecule has 10 nitrogen and oxygen atoms in total. The Morgan fingerprint density at radius 1 is 1.26 bits per heavy atom. The number of nitrogens with zero attached hydrogens (tertiary/aromatic N) is 5. The number of nitrogens with one attached hydrogen (secondary N) is 2. The number of carbonyl (C=O) groups excluding carboxylic acids is 1. The molecule has 3 aromatic rings. The van der Waals surface area contributed by atoms with E-state index in [1.165, 1.54) is 13.4 Å². The van der Waals surface area contributed by atoms with Crippen molar-refractivity contribution in [3.05, 3.63) is 66.3 Å². The number of fused-ring (bicyclic) bond motifs is 1. The summed E-state index contributed by atoms with van der Waals surface area (Å²) in [6.07, 6.45) is 12.0. The van der Waals surface area contributed by atoms with Crippen molar-refractivity contribution in [3.8, 4) is 0 Å². The van der Waals surface area contributed by atoms with Crippen LogP contribution in [-0.2, 0) is 14.3 Å². The van der Waals surface area contributed by atoms with E-state index in [4.69, 9.17) is 9.47 Å². The van der Waals surface area contributed by atoms with Gasteiger partial charge in [0.25, 0.3) is 0 Å². The van der Waals surface area contributed by atoms with E-state index in [2.05, 4.69) is 56.1 Å². The second-order valence-electron chi connectivity index (χ2n) is 7.84. The quantitative estimate of drug-likeness (QED) is 0.300. The Bertz CT molecular complexity index is 1230. The van der Waals surface area contributed by atoms with Gasteiger partial charge in [-0.15, -0.1) is 0 Å². The Kier molecular flexibility index (Phi) is 7.28. The van der Waals surface area contributed by atoms with Crippen molar-refractivity contribution < 1.29 is 14.3 Å². The van der Waals surface area contributed by atoms with E-state index in [1.54, 1.807) is 31.7 Å². The predicted octanol–water partition coefficient (Wildman–Crippen LogP) is 3.52. The van der Waals surface area contributed by atoms with Crippen LogP contribution in [0.15, 0.2) is 65.9 Å². The van der Waals surface area contributed by atoms with Gasteiger partial charge in [0.05, 0.1) is 36.7 Å². The Hall–Kier alpha value is -4.05. The molecule has 0 saturated carbocycles. The number of rotatable bonds is 8. The summed E-state index contributed by atoms with van der Waals surface area (Å²) >= 11 is 0. The largest absolute Gasteiger partial charge is 0.501 e. The van der Waals surface area contributed by atoms with E-state index in [1.807, 2.05) is 16.8 Å². The molecule has 1 aromatic carbocycles. The van der Waals surface area contributed by atoms with Crippen molar-refractivity contribution in [2.24, 2.45) is 11.0 Å². The molecule has 0 fully saturated rings. The van der Waals surface area contributed by atoms with Gasteiger partial charge in [0.2, 0.25) is 5.91 Å². The molecule has 2 unspecified atom stereocenters. The molecule has 1 aliphatic carbocycles. The first kappa shape index (κ1) is 23.1. The zero-order valence-electron chi connectivity index (χ0n) is 19.3. The monoisotopic (exact) mass is 461 g/mol. The van der Waals surface area contributed by atoms with Gasteiger partial charge in [0, 0.05) is 25.1 Å². The number of aromatic nitrogens is 4. The fourth-order valence-corrected chi connectivity index (χ4v) is 3.69. The van der Waals surface area contributed by atoms with Crippen LogP contribution in [0.4, 0.5) is 11.5 Å². The smallest absolute Gasteiger partial charge is 0.250 e. The van der Waals surface area contributed by atoms with Crippen molar-refractivity contribution in [2.45, 2.75) is 19.4 Å². The van der Waals surface area contributed by atoms with Crippen molar-refractivity contribution in [2.75, 3.05) is 31.6 Å². The molecule has 0 spiro atoms. The minimum Gasteiger partial charge on any atom is -0.501 e. The molecule has 2 N–H and O–H groups in total. The Morgan fingerprint density at radius 3 is 2.85 bits per heavy atom. The predicted molar refractivity (Wildman–Crippen MR) is 131 cm³/mol. The average molecular weight is 462 g/mol. The summed E-state index contributed by atoms with van der Waals surface area (Å²) in [6, 6.07) is 7.27. The van der Waals surface area contributed by atoms with Crippen LogP contribution in [0.1, 0.15) is 24.9 Å². The van der Waals surface area contributed by atoms with Crippen LogP contribution in [0.2, 0.25) is 0 Å². The lowest BCUT2D eigenvalue weighted by molar-refractivity contribution is -0.119. The molecule has 0 bridgehead atoms. The molecular weight excluding hydrogens is 434 g/mol. The van der Waals surface area contributed by atoms with Crippen LogP contribution in [-0.4, -0.2) is 52.7 Å². The van der Waals surface area contributed by atoms with Gasteiger partial charge in [-0.2, -0.15) is 10.2 Å². The number of methoxy groups -OCH3 is 2. The van der Waals surface area contributed by atoms with Gasteiger partial charge in [-0.25, -0.2) is 14.6 Å². The van der Waals surface area contributed by atoms with Crippen LogP contribution < -0.4 is 10.7 Å². The molecular formula is C24H27N7O3. The van der Waals surface area contributed by atoms with E-state index in [0.717, 1.165) is 23.1 Å². The van der Waals surface area contributed by atoms with E-state index < -0.39 is 0 Å². The van der Waals surface area contributed by atoms with Gasteiger partial charge in [0.1, 0.15) is 12.9 Å². The first-order valence-corrected chi connectivity index (χ1v) is 10.9. The molecule has 2 aromatic heterocycles. The van der Waals surface area contributed by atoms with E-state index >= 15 is 0 Å². The first-order chi connectivity index (χ1) is 16.6. The lowest BCUT2D eigenvalue weighted by atomic mass is 10.0. The summed E-state index contributed by atoms with van der Waals surface area (Å²) in [5.41, 5.74) is 5.24. The maximum atomic E-state index is 11.6. The van der Waals surface area contributed by atoms with Gasteiger partial charge < -0.3 is 14.8 Å². The number of allylic oxidation sites excluding steroid dienone is 3. The second-order valence-corrected chi connectivity index (χ2v) is 7.84. The molecule has 0 aliphatic heterocycles. The van der Waals surface area contributed by atoms with Crippen molar-refractivity contribution in [1.82, 2.24) is 19.7 Å². The SMILES string of the molecule is COCC(=O)Nc1ccc(/C=N/Nc2ncnc3c2cnn3C2C=C(OC)CC=CC2C)cc1. The van der Waals surface area contributed by atoms with Gasteiger partial charge in [-0.1, -0.05) is 31.2 Å². The van der Waals surface area contributed by atoms with E-state index in [-0.39, 0.29) is 24.5 Å². The summed E-state index contributed by atoms with van der Waals surface area (Å²) in [6.45, 7) is 2.15. The third-order valence-electron chi connectivity index (χ3n) is 5.44. The number of anilines is 2. The van der Waals surface area contributed by atoms with Crippen LogP contribution >= 0.6 is 0 Å². The summed E-state index contributed by atoms with van der Waals surface area (Å²) in [7, 11) is 3.16. The normalized spacial score (nSPS) is 18.0. The van der Waals surface area contributed by atoms with Gasteiger partial charge in [0.15, 0.2) is 11.5 Å². The van der Waals surface area contributed by atoms with E-state index in [9.17, 15) is 4.79 Å². The number of ether oxygens (including phenoxy) is 2. The lowest BCUT2D eigenvalue weighted by Gasteiger charge is -2.19. The molecule has 1 amide bonds. The van der Waals surface area contributed by atoms with Crippen molar-refractivity contribution in [1.29, 1.82) is 0 Å². The standard InChI is InChI=1S/C24H27N7O3/c1-16-5-4-6-19(34-3)11-21(16)31-24-20(13-28-31)23(25-15-26-24)30-27-12-17-7-9-18(10-8-17)29-22(32)14-33-2/h4-5,7-13,15-16,21H,6,14H2,1-3H3,(H,29,32)(H,25,26,30)/b27-12+. The second kappa shape index (κ2) is 10.7. The summed E-state index contributed by atoms with van der Waals surface area (Å²) in [4.78, 5) is 20.4. The van der Waals surface area contributed by atoms with Crippen LogP contribution in [0, 0.1) is 5.92 Å². The number of hydrazone groups is 1. The highest BCUT2D eigenvalue weighted by atomic mass is 16.5. The van der Waals surface area contributed by atoms with Gasteiger partial charge >= 0.3 is 0 Å². The number of carbonyl (C=O) groups is 1. The third-order valence-corrected chi connectivity index (χ3v) is 5.44. The third kappa shape index (κ3) is 5.29. The van der Waals surface area contributed by atoms with Crippen molar-refractivity contribution >= 4 is 34.7 Å². The van der Waals surface area contributed by atoms with Crippen LogP contribution in [0.25, 0.3) is 11.0 Å². The minimum atomic E-state index is -0.206. The zero-order valence-corrected chi connectivity index (χ0v) is 19.3. The molecule has 4 rings (SSSR count). The molecule has 10 heteroatoms. The average Bonchev–Trinajstić information content (AvgIpc) is 3.18. The van der Waals surface area contributed by atoms with Gasteiger partial charge in [-0.05, 0) is 23.8 Å². The maximum absolute atomic E-state index is 11.6. The number of amides is 1. The van der Waals surface area contributed by atoms with Crippen LogP contribution in [0.5, 0.6) is 0 Å². The Labute approximate surface area is 197 Å². The number of benzene rings is 1. The fraction of sp³-hybridized carbons (Fsp3) is 0.292. The van der Waals surface area contributed by atoms with Crippen molar-refractivity contribution in [3.63, 3.8) is 0 Å². The summed E-state index contributed by atoms with van der Waals surface area (Å²) in [5.74, 6) is 1.48.